The molecule has 260 valence electrons. The van der Waals surface area contributed by atoms with E-state index in [-0.39, 0.29) is 30.4 Å². The van der Waals surface area contributed by atoms with Gasteiger partial charge < -0.3 is 15.5 Å². The molecule has 4 aromatic carbocycles. The van der Waals surface area contributed by atoms with Gasteiger partial charge in [0.15, 0.2) is 5.82 Å². The standard InChI is InChI=1S/C40H39F2N7O2/c1-25(2)44-38(50)29-18-17-26(3)30(23-29)34-31-24-43-40(51)49(36-32(41)15-10-16-33(36)42)37(31)46-39(45-34)48-21-19-47(20-22-48)35(27-11-6-4-7-12-27)28-13-8-5-9-14-28/h4-18,23,25,35H,19-22,24H2,1-3H3,(H,43,51)(H,44,50). The van der Waals surface area contributed by atoms with Crippen LogP contribution in [-0.4, -0.2) is 59.0 Å². The molecule has 2 aliphatic rings. The number of halogens is 2. The Morgan fingerprint density at radius 2 is 1.45 bits per heavy atom. The van der Waals surface area contributed by atoms with Crippen molar-refractivity contribution >= 4 is 29.4 Å². The molecule has 2 N–H and O–H groups in total. The monoisotopic (exact) mass is 687 g/mol. The maximum atomic E-state index is 15.3. The maximum absolute atomic E-state index is 15.3. The van der Waals surface area contributed by atoms with Crippen molar-refractivity contribution in [3.8, 4) is 11.3 Å². The molecule has 0 aliphatic carbocycles. The third-order valence-electron chi connectivity index (χ3n) is 9.33. The number of aryl methyl sites for hydroxylation is 1. The van der Waals surface area contributed by atoms with Gasteiger partial charge in [-0.1, -0.05) is 72.8 Å². The molecule has 0 saturated carbocycles. The zero-order valence-corrected chi connectivity index (χ0v) is 28.7. The van der Waals surface area contributed by atoms with Gasteiger partial charge in [0.1, 0.15) is 17.3 Å². The first kappa shape index (κ1) is 33.8. The van der Waals surface area contributed by atoms with Gasteiger partial charge >= 0.3 is 6.03 Å². The fourth-order valence-corrected chi connectivity index (χ4v) is 6.85. The molecule has 1 saturated heterocycles. The Bertz CT molecular complexity index is 2010. The number of piperazine rings is 1. The summed E-state index contributed by atoms with van der Waals surface area (Å²) in [6.45, 7) is 8.20. The second-order valence-electron chi connectivity index (χ2n) is 13.1. The summed E-state index contributed by atoms with van der Waals surface area (Å²) >= 11 is 0. The van der Waals surface area contributed by atoms with Gasteiger partial charge in [-0.2, -0.15) is 4.98 Å². The second-order valence-corrected chi connectivity index (χ2v) is 13.1. The SMILES string of the molecule is Cc1ccc(C(=O)NC(C)C)cc1-c1nc(N2CCN(C(c3ccccc3)c3ccccc3)CC2)nc2c1CNC(=O)N2c1c(F)cccc1F. The molecule has 0 atom stereocenters. The fourth-order valence-electron chi connectivity index (χ4n) is 6.85. The summed E-state index contributed by atoms with van der Waals surface area (Å²) in [6.07, 6.45) is 0. The quantitative estimate of drug-likeness (QED) is 0.180. The van der Waals surface area contributed by atoms with Crippen LogP contribution >= 0.6 is 0 Å². The Labute approximate surface area is 296 Å². The lowest BCUT2D eigenvalue weighted by atomic mass is 9.96. The lowest BCUT2D eigenvalue weighted by Crippen LogP contribution is -2.49. The van der Waals surface area contributed by atoms with Crippen molar-refractivity contribution in [2.75, 3.05) is 36.0 Å². The number of carbonyl (C=O) groups excluding carboxylic acids is 2. The molecule has 2 aliphatic heterocycles. The molecule has 1 aromatic heterocycles. The number of amides is 3. The average Bonchev–Trinajstić information content (AvgIpc) is 3.13. The minimum absolute atomic E-state index is 0.0296. The number of nitrogens with zero attached hydrogens (tertiary/aromatic N) is 5. The van der Waals surface area contributed by atoms with Gasteiger partial charge in [-0.15, -0.1) is 0 Å². The van der Waals surface area contributed by atoms with Gasteiger partial charge in [-0.25, -0.2) is 23.5 Å². The van der Waals surface area contributed by atoms with Gasteiger partial charge in [-0.3, -0.25) is 9.69 Å². The minimum Gasteiger partial charge on any atom is -0.350 e. The largest absolute Gasteiger partial charge is 0.350 e. The van der Waals surface area contributed by atoms with Gasteiger partial charge in [0.25, 0.3) is 5.91 Å². The van der Waals surface area contributed by atoms with E-state index in [1.54, 1.807) is 12.1 Å². The molecule has 3 heterocycles. The highest BCUT2D eigenvalue weighted by atomic mass is 19.1. The van der Waals surface area contributed by atoms with E-state index in [4.69, 9.17) is 9.97 Å². The van der Waals surface area contributed by atoms with Crippen LogP contribution in [0.2, 0.25) is 0 Å². The number of hydrogen-bond donors (Lipinski definition) is 2. The summed E-state index contributed by atoms with van der Waals surface area (Å²) in [5.74, 6) is -1.62. The highest BCUT2D eigenvalue weighted by Gasteiger charge is 2.36. The van der Waals surface area contributed by atoms with Gasteiger partial charge in [0.05, 0.1) is 18.3 Å². The lowest BCUT2D eigenvalue weighted by molar-refractivity contribution is 0.0943. The van der Waals surface area contributed by atoms with Gasteiger partial charge in [-0.05, 0) is 61.7 Å². The van der Waals surface area contributed by atoms with Crippen LogP contribution in [0, 0.1) is 18.6 Å². The van der Waals surface area contributed by atoms with Crippen LogP contribution < -0.4 is 20.4 Å². The number of fused-ring (bicyclic) bond motifs is 1. The predicted molar refractivity (Wildman–Crippen MR) is 194 cm³/mol. The summed E-state index contributed by atoms with van der Waals surface area (Å²) in [5.41, 5.74) is 4.75. The minimum atomic E-state index is -0.898. The number of anilines is 3. The Morgan fingerprint density at radius 1 is 0.824 bits per heavy atom. The molecule has 3 amide bonds. The first-order chi connectivity index (χ1) is 24.7. The Morgan fingerprint density at radius 3 is 2.06 bits per heavy atom. The van der Waals surface area contributed by atoms with Gasteiger partial charge in [0.2, 0.25) is 5.95 Å². The van der Waals surface area contributed by atoms with Crippen LogP contribution in [0.3, 0.4) is 0 Å². The highest BCUT2D eigenvalue weighted by molar-refractivity contribution is 6.02. The van der Waals surface area contributed by atoms with Crippen molar-refractivity contribution in [2.24, 2.45) is 0 Å². The first-order valence-electron chi connectivity index (χ1n) is 17.1. The van der Waals surface area contributed by atoms with E-state index in [1.165, 1.54) is 17.2 Å². The first-order valence-corrected chi connectivity index (χ1v) is 17.1. The topological polar surface area (TPSA) is 93.7 Å². The Balaban J connectivity index is 1.31. The number of para-hydroxylation sites is 1. The molecule has 0 radical (unpaired) electrons. The van der Waals surface area contributed by atoms with Gasteiger partial charge in [0, 0.05) is 48.9 Å². The summed E-state index contributed by atoms with van der Waals surface area (Å²) in [7, 11) is 0. The van der Waals surface area contributed by atoms with Crippen LogP contribution in [0.5, 0.6) is 0 Å². The summed E-state index contributed by atoms with van der Waals surface area (Å²) in [6, 6.07) is 28.9. The van der Waals surface area contributed by atoms with E-state index >= 15 is 8.78 Å². The van der Waals surface area contributed by atoms with Crippen molar-refractivity contribution in [2.45, 2.75) is 39.4 Å². The third-order valence-corrected chi connectivity index (χ3v) is 9.33. The molecular weight excluding hydrogens is 648 g/mol. The van der Waals surface area contributed by atoms with E-state index in [1.807, 2.05) is 68.1 Å². The number of urea groups is 1. The molecule has 11 heteroatoms. The number of benzene rings is 4. The lowest BCUT2D eigenvalue weighted by Gasteiger charge is -2.40. The molecule has 9 nitrogen and oxygen atoms in total. The molecule has 1 fully saturated rings. The van der Waals surface area contributed by atoms with Crippen molar-refractivity contribution in [1.82, 2.24) is 25.5 Å². The molecule has 0 unspecified atom stereocenters. The predicted octanol–water partition coefficient (Wildman–Crippen LogP) is 7.14. The Kier molecular flexibility index (Phi) is 9.46. The number of carbonyl (C=O) groups is 2. The van der Waals surface area contributed by atoms with E-state index in [9.17, 15) is 9.59 Å². The Hall–Kier alpha value is -5.68. The van der Waals surface area contributed by atoms with Crippen LogP contribution in [0.4, 0.5) is 31.0 Å². The zero-order valence-electron chi connectivity index (χ0n) is 28.7. The molecule has 5 aromatic rings. The zero-order chi connectivity index (χ0) is 35.6. The van der Waals surface area contributed by atoms with Crippen LogP contribution in [0.25, 0.3) is 11.3 Å². The average molecular weight is 688 g/mol. The van der Waals surface area contributed by atoms with Crippen molar-refractivity contribution in [3.05, 3.63) is 137 Å². The summed E-state index contributed by atoms with van der Waals surface area (Å²) < 4.78 is 30.6. The van der Waals surface area contributed by atoms with E-state index in [0.29, 0.717) is 54.5 Å². The van der Waals surface area contributed by atoms with Crippen molar-refractivity contribution < 1.29 is 18.4 Å². The van der Waals surface area contributed by atoms with E-state index in [0.717, 1.165) is 22.6 Å². The third kappa shape index (κ3) is 6.77. The number of nitrogens with one attached hydrogen (secondary N) is 2. The number of rotatable bonds is 8. The summed E-state index contributed by atoms with van der Waals surface area (Å²) in [4.78, 5) is 41.9. The molecular formula is C40H39F2N7O2. The van der Waals surface area contributed by atoms with E-state index < -0.39 is 23.4 Å². The normalized spacial score (nSPS) is 14.8. The van der Waals surface area contributed by atoms with Crippen molar-refractivity contribution in [3.63, 3.8) is 0 Å². The number of hydrogen-bond acceptors (Lipinski definition) is 6. The fraction of sp³-hybridized carbons (Fsp3) is 0.250. The summed E-state index contributed by atoms with van der Waals surface area (Å²) in [5, 5.41) is 5.69. The van der Waals surface area contributed by atoms with Crippen LogP contribution in [0.1, 0.15) is 52.5 Å². The van der Waals surface area contributed by atoms with Crippen LogP contribution in [-0.2, 0) is 6.54 Å². The molecule has 0 spiro atoms. The molecule has 51 heavy (non-hydrogen) atoms. The van der Waals surface area contributed by atoms with E-state index in [2.05, 4.69) is 39.8 Å². The van der Waals surface area contributed by atoms with Crippen molar-refractivity contribution in [1.29, 1.82) is 0 Å². The molecule has 7 rings (SSSR count). The maximum Gasteiger partial charge on any atom is 0.328 e. The molecule has 0 bridgehead atoms. The second kappa shape index (κ2) is 14.3. The number of aromatic nitrogens is 2. The smallest absolute Gasteiger partial charge is 0.328 e. The van der Waals surface area contributed by atoms with Crippen LogP contribution in [0.15, 0.2) is 97.1 Å². The highest BCUT2D eigenvalue weighted by Crippen LogP contribution is 2.40.